The second-order valence-corrected chi connectivity index (χ2v) is 7.63. The fraction of sp³-hybridized carbons (Fsp3) is 0.231. The molecule has 29 heavy (non-hydrogen) atoms. The maximum atomic E-state index is 6.02. The summed E-state index contributed by atoms with van der Waals surface area (Å²) >= 11 is 0. The lowest BCUT2D eigenvalue weighted by molar-refractivity contribution is 0.310. The summed E-state index contributed by atoms with van der Waals surface area (Å²) in [6.45, 7) is 2.94. The van der Waals surface area contributed by atoms with Crippen LogP contribution in [-0.2, 0) is 5.54 Å². The summed E-state index contributed by atoms with van der Waals surface area (Å²) in [4.78, 5) is 0. The number of nitrogens with one attached hydrogen (secondary N) is 1. The topological polar surface area (TPSA) is 47.3 Å². The van der Waals surface area contributed by atoms with Crippen LogP contribution in [0.4, 0.5) is 5.69 Å². The molecule has 1 aliphatic carbocycles. The highest BCUT2D eigenvalue weighted by atomic mass is 16.5. The van der Waals surface area contributed by atoms with E-state index in [1.165, 1.54) is 16.3 Å². The predicted molar refractivity (Wildman–Crippen MR) is 122 cm³/mol. The van der Waals surface area contributed by atoms with E-state index in [0.717, 1.165) is 43.0 Å². The molecule has 0 radical (unpaired) electrons. The molecule has 3 aromatic rings. The monoisotopic (exact) mass is 384 g/mol. The number of fused-ring (bicyclic) bond motifs is 1. The number of anilines is 1. The van der Waals surface area contributed by atoms with Crippen molar-refractivity contribution in [1.82, 2.24) is 0 Å². The number of rotatable bonds is 7. The van der Waals surface area contributed by atoms with Crippen molar-refractivity contribution in [1.29, 1.82) is 0 Å². The molecule has 148 valence electrons. The number of unbranched alkanes of at least 4 members (excludes halogenated alkanes) is 1. The van der Waals surface area contributed by atoms with E-state index >= 15 is 0 Å². The number of para-hydroxylation sites is 1. The van der Waals surface area contributed by atoms with E-state index in [-0.39, 0.29) is 5.54 Å². The molecule has 0 saturated carbocycles. The molecule has 0 spiro atoms. The summed E-state index contributed by atoms with van der Waals surface area (Å²) in [5, 5.41) is 6.12. The summed E-state index contributed by atoms with van der Waals surface area (Å²) in [6.07, 6.45) is 9.28. The number of nitrogens with two attached hydrogens (primary N) is 1. The maximum absolute atomic E-state index is 6.02. The van der Waals surface area contributed by atoms with Crippen molar-refractivity contribution in [2.75, 3.05) is 11.9 Å². The van der Waals surface area contributed by atoms with Gasteiger partial charge < -0.3 is 15.8 Å². The molecule has 1 aliphatic rings. The molecule has 0 aromatic heterocycles. The van der Waals surface area contributed by atoms with Crippen LogP contribution in [0.25, 0.3) is 10.8 Å². The zero-order valence-electron chi connectivity index (χ0n) is 16.9. The minimum atomic E-state index is -0.325. The zero-order valence-corrected chi connectivity index (χ0v) is 16.9. The Morgan fingerprint density at radius 3 is 2.55 bits per heavy atom. The Balaban J connectivity index is 1.67. The summed E-state index contributed by atoms with van der Waals surface area (Å²) in [6, 6.07) is 23.3. The van der Waals surface area contributed by atoms with Gasteiger partial charge in [0, 0.05) is 11.4 Å². The van der Waals surface area contributed by atoms with Crippen LogP contribution in [0.15, 0.2) is 90.7 Å². The molecule has 0 bridgehead atoms. The standard InChI is InChI=1S/C26H28N2O/c1-2-3-17-29-25-12-10-20-18-22(11-9-21(20)19-25)26(15-13-23(27)14-16-26)28-24-7-5-4-6-8-24/h4-15,18-19,28H,2-3,16-17,27H2,1H3. The zero-order chi connectivity index (χ0) is 20.1. The van der Waals surface area contributed by atoms with E-state index in [4.69, 9.17) is 10.5 Å². The number of hydrogen-bond acceptors (Lipinski definition) is 3. The average molecular weight is 385 g/mol. The van der Waals surface area contributed by atoms with Gasteiger partial charge in [0.05, 0.1) is 12.1 Å². The third-order valence-electron chi connectivity index (χ3n) is 5.45. The fourth-order valence-corrected chi connectivity index (χ4v) is 3.74. The molecular weight excluding hydrogens is 356 g/mol. The summed E-state index contributed by atoms with van der Waals surface area (Å²) in [5.41, 5.74) is 8.81. The van der Waals surface area contributed by atoms with Crippen LogP contribution in [0.5, 0.6) is 5.75 Å². The van der Waals surface area contributed by atoms with Crippen molar-refractivity contribution in [3.05, 3.63) is 96.2 Å². The second-order valence-electron chi connectivity index (χ2n) is 7.63. The van der Waals surface area contributed by atoms with Crippen molar-refractivity contribution in [2.45, 2.75) is 31.7 Å². The molecule has 0 amide bonds. The molecule has 3 N–H and O–H groups in total. The third kappa shape index (κ3) is 4.29. The molecule has 3 nitrogen and oxygen atoms in total. The van der Waals surface area contributed by atoms with E-state index in [0.29, 0.717) is 0 Å². The predicted octanol–water partition coefficient (Wildman–Crippen LogP) is 6.13. The first-order chi connectivity index (χ1) is 14.2. The summed E-state index contributed by atoms with van der Waals surface area (Å²) in [5.74, 6) is 0.934. The van der Waals surface area contributed by atoms with E-state index < -0.39 is 0 Å². The Labute approximate surface area is 172 Å². The van der Waals surface area contributed by atoms with E-state index in [1.807, 2.05) is 24.3 Å². The minimum absolute atomic E-state index is 0.325. The van der Waals surface area contributed by atoms with E-state index in [1.54, 1.807) is 0 Å². The van der Waals surface area contributed by atoms with Gasteiger partial charge >= 0.3 is 0 Å². The molecule has 1 atom stereocenters. The third-order valence-corrected chi connectivity index (χ3v) is 5.45. The Kier molecular flexibility index (Phi) is 5.57. The van der Waals surface area contributed by atoms with Crippen LogP contribution in [0.1, 0.15) is 31.7 Å². The van der Waals surface area contributed by atoms with Crippen molar-refractivity contribution >= 4 is 16.5 Å². The lowest BCUT2D eigenvalue weighted by atomic mass is 9.82. The first-order valence-electron chi connectivity index (χ1n) is 10.3. The van der Waals surface area contributed by atoms with Crippen LogP contribution in [-0.4, -0.2) is 6.61 Å². The van der Waals surface area contributed by atoms with Gasteiger partial charge in [-0.1, -0.05) is 61.9 Å². The van der Waals surface area contributed by atoms with Gasteiger partial charge in [-0.2, -0.15) is 0 Å². The van der Waals surface area contributed by atoms with Crippen LogP contribution in [0.2, 0.25) is 0 Å². The highest BCUT2D eigenvalue weighted by molar-refractivity contribution is 5.85. The van der Waals surface area contributed by atoms with Crippen molar-refractivity contribution < 1.29 is 4.74 Å². The Hall–Kier alpha value is -3.20. The number of allylic oxidation sites excluding steroid dienone is 1. The Morgan fingerprint density at radius 1 is 1.00 bits per heavy atom. The van der Waals surface area contributed by atoms with Gasteiger partial charge in [-0.15, -0.1) is 0 Å². The maximum Gasteiger partial charge on any atom is 0.119 e. The molecule has 0 aliphatic heterocycles. The van der Waals surface area contributed by atoms with Crippen LogP contribution >= 0.6 is 0 Å². The van der Waals surface area contributed by atoms with E-state index in [9.17, 15) is 0 Å². The molecular formula is C26H28N2O. The number of hydrogen-bond donors (Lipinski definition) is 2. The van der Waals surface area contributed by atoms with Gasteiger partial charge in [0.25, 0.3) is 0 Å². The van der Waals surface area contributed by atoms with Crippen LogP contribution in [0, 0.1) is 0 Å². The molecule has 0 saturated heterocycles. The summed E-state index contributed by atoms with van der Waals surface area (Å²) in [7, 11) is 0. The normalized spacial score (nSPS) is 18.4. The molecule has 1 unspecified atom stereocenters. The Morgan fingerprint density at radius 2 is 1.79 bits per heavy atom. The van der Waals surface area contributed by atoms with Gasteiger partial charge in [-0.3, -0.25) is 0 Å². The fourth-order valence-electron chi connectivity index (χ4n) is 3.74. The average Bonchev–Trinajstić information content (AvgIpc) is 2.76. The van der Waals surface area contributed by atoms with Crippen LogP contribution in [0.3, 0.4) is 0 Å². The molecule has 0 heterocycles. The van der Waals surface area contributed by atoms with Crippen molar-refractivity contribution in [3.8, 4) is 5.75 Å². The highest BCUT2D eigenvalue weighted by Gasteiger charge is 2.30. The van der Waals surface area contributed by atoms with Crippen molar-refractivity contribution in [2.24, 2.45) is 5.73 Å². The van der Waals surface area contributed by atoms with Gasteiger partial charge in [0.15, 0.2) is 0 Å². The van der Waals surface area contributed by atoms with Crippen LogP contribution < -0.4 is 15.8 Å². The first kappa shape index (κ1) is 19.1. The number of benzene rings is 3. The van der Waals surface area contributed by atoms with Gasteiger partial charge in [-0.05, 0) is 65.6 Å². The lowest BCUT2D eigenvalue weighted by Gasteiger charge is -2.35. The van der Waals surface area contributed by atoms with Gasteiger partial charge in [0.1, 0.15) is 5.75 Å². The Bertz CT molecular complexity index is 1040. The van der Waals surface area contributed by atoms with E-state index in [2.05, 4.69) is 72.9 Å². The van der Waals surface area contributed by atoms with Gasteiger partial charge in [0.2, 0.25) is 0 Å². The molecule has 4 rings (SSSR count). The molecule has 3 heteroatoms. The smallest absolute Gasteiger partial charge is 0.119 e. The highest BCUT2D eigenvalue weighted by Crippen LogP contribution is 2.36. The molecule has 0 fully saturated rings. The first-order valence-corrected chi connectivity index (χ1v) is 10.3. The quantitative estimate of drug-likeness (QED) is 0.482. The minimum Gasteiger partial charge on any atom is -0.494 e. The molecule has 3 aromatic carbocycles. The largest absolute Gasteiger partial charge is 0.494 e. The number of ether oxygens (including phenoxy) is 1. The lowest BCUT2D eigenvalue weighted by Crippen LogP contribution is -2.34. The van der Waals surface area contributed by atoms with Crippen molar-refractivity contribution in [3.63, 3.8) is 0 Å². The second kappa shape index (κ2) is 8.44. The summed E-state index contributed by atoms with van der Waals surface area (Å²) < 4.78 is 5.87. The van der Waals surface area contributed by atoms with Gasteiger partial charge in [-0.25, -0.2) is 0 Å². The SMILES string of the molecule is CCCCOc1ccc2cc(C3(Nc4ccccc4)C=CC(N)=CC3)ccc2c1.